The maximum Gasteiger partial charge on any atom is 0.307 e. The van der Waals surface area contributed by atoms with E-state index in [9.17, 15) is 10.1 Å². The molecule has 0 radical (unpaired) electrons. The molecule has 8 heteroatoms. The number of benzene rings is 1. The molecule has 2 rings (SSSR count). The first kappa shape index (κ1) is 12.4. The molecule has 94 valence electrons. The number of aromatic nitrogens is 2. The van der Waals surface area contributed by atoms with E-state index in [4.69, 9.17) is 5.84 Å². The molecule has 1 aromatic heterocycles. The van der Waals surface area contributed by atoms with Crippen molar-refractivity contribution in [2.24, 2.45) is 12.9 Å². The van der Waals surface area contributed by atoms with Crippen molar-refractivity contribution < 1.29 is 4.92 Å². The van der Waals surface area contributed by atoms with Crippen molar-refractivity contribution in [2.75, 3.05) is 5.43 Å². The number of nitrogen functional groups attached to an aromatic ring is 1. The maximum atomic E-state index is 11.1. The van der Waals surface area contributed by atoms with E-state index in [2.05, 4.69) is 10.5 Å². The predicted octanol–water partition coefficient (Wildman–Crippen LogP) is 1.77. The maximum absolute atomic E-state index is 11.1. The fourth-order valence-electron chi connectivity index (χ4n) is 1.49. The Morgan fingerprint density at radius 1 is 1.56 bits per heavy atom. The summed E-state index contributed by atoms with van der Waals surface area (Å²) in [5.74, 6) is 5.27. The molecule has 3 N–H and O–H groups in total. The van der Waals surface area contributed by atoms with E-state index in [1.165, 1.54) is 11.8 Å². The number of nitrogens with two attached hydrogens (primary N) is 1. The van der Waals surface area contributed by atoms with Gasteiger partial charge in [-0.2, -0.15) is 5.10 Å². The van der Waals surface area contributed by atoms with Crippen molar-refractivity contribution in [3.63, 3.8) is 0 Å². The molecular weight excluding hydrogens is 254 g/mol. The first-order chi connectivity index (χ1) is 8.61. The zero-order chi connectivity index (χ0) is 13.1. The molecular formula is C10H11N5O2S. The van der Waals surface area contributed by atoms with Crippen LogP contribution in [0, 0.1) is 10.1 Å². The van der Waals surface area contributed by atoms with E-state index < -0.39 is 4.92 Å². The van der Waals surface area contributed by atoms with Gasteiger partial charge in [-0.3, -0.25) is 20.6 Å². The van der Waals surface area contributed by atoms with Crippen molar-refractivity contribution >= 4 is 23.1 Å². The van der Waals surface area contributed by atoms with Crippen molar-refractivity contribution in [3.05, 3.63) is 40.7 Å². The molecule has 0 fully saturated rings. The number of nitrogens with one attached hydrogen (secondary N) is 1. The lowest BCUT2D eigenvalue weighted by molar-refractivity contribution is -0.386. The van der Waals surface area contributed by atoms with Gasteiger partial charge in [0.05, 0.1) is 20.9 Å². The molecule has 1 aromatic carbocycles. The van der Waals surface area contributed by atoms with Gasteiger partial charge in [0.15, 0.2) is 0 Å². The van der Waals surface area contributed by atoms with Crippen LogP contribution >= 0.6 is 11.8 Å². The largest absolute Gasteiger partial charge is 0.318 e. The number of aryl methyl sites for hydroxylation is 1. The summed E-state index contributed by atoms with van der Waals surface area (Å²) in [7, 11) is 1.79. The van der Waals surface area contributed by atoms with E-state index in [1.54, 1.807) is 42.3 Å². The predicted molar refractivity (Wildman–Crippen MR) is 68.2 cm³/mol. The van der Waals surface area contributed by atoms with Crippen LogP contribution in [0.4, 0.5) is 11.4 Å². The van der Waals surface area contributed by atoms with E-state index in [0.717, 1.165) is 4.90 Å². The number of hydrazine groups is 1. The molecule has 18 heavy (non-hydrogen) atoms. The normalized spacial score (nSPS) is 10.3. The third-order valence-electron chi connectivity index (χ3n) is 2.25. The lowest BCUT2D eigenvalue weighted by atomic mass is 10.3. The van der Waals surface area contributed by atoms with E-state index in [0.29, 0.717) is 4.90 Å². The molecule has 0 unspecified atom stereocenters. The van der Waals surface area contributed by atoms with Gasteiger partial charge in [-0.15, -0.1) is 0 Å². The first-order valence-corrected chi connectivity index (χ1v) is 5.84. The summed E-state index contributed by atoms with van der Waals surface area (Å²) < 4.78 is 1.64. The summed E-state index contributed by atoms with van der Waals surface area (Å²) in [5, 5.41) is 15.1. The van der Waals surface area contributed by atoms with Crippen molar-refractivity contribution in [2.45, 2.75) is 9.79 Å². The number of hydrogen-bond acceptors (Lipinski definition) is 6. The topological polar surface area (TPSA) is 99.0 Å². The van der Waals surface area contributed by atoms with Crippen LogP contribution < -0.4 is 11.3 Å². The lowest BCUT2D eigenvalue weighted by Crippen LogP contribution is -2.09. The Bertz CT molecular complexity index is 583. The molecule has 1 heterocycles. The number of hydrogen-bond donors (Lipinski definition) is 2. The first-order valence-electron chi connectivity index (χ1n) is 5.02. The third-order valence-corrected chi connectivity index (χ3v) is 3.24. The summed E-state index contributed by atoms with van der Waals surface area (Å²) in [4.78, 5) is 12.0. The highest BCUT2D eigenvalue weighted by Gasteiger charge is 2.20. The SMILES string of the molecule is Cn1cc(Sc2cccc(NN)c2[N+](=O)[O-])cn1. The zero-order valence-electron chi connectivity index (χ0n) is 9.53. The van der Waals surface area contributed by atoms with Crippen molar-refractivity contribution in [1.29, 1.82) is 0 Å². The summed E-state index contributed by atoms with van der Waals surface area (Å²) in [5.41, 5.74) is 2.59. The summed E-state index contributed by atoms with van der Waals surface area (Å²) in [6.45, 7) is 0. The van der Waals surface area contributed by atoms with Gasteiger partial charge >= 0.3 is 5.69 Å². The minimum absolute atomic E-state index is 0.0335. The number of anilines is 1. The second-order valence-corrected chi connectivity index (χ2v) is 4.62. The number of nitrogens with zero attached hydrogens (tertiary/aromatic N) is 3. The Morgan fingerprint density at radius 2 is 2.33 bits per heavy atom. The molecule has 0 saturated heterocycles. The Balaban J connectivity index is 2.41. The minimum atomic E-state index is -0.451. The summed E-state index contributed by atoms with van der Waals surface area (Å²) in [6.07, 6.45) is 3.44. The van der Waals surface area contributed by atoms with Gasteiger partial charge in [0.2, 0.25) is 0 Å². The Labute approximate surface area is 107 Å². The van der Waals surface area contributed by atoms with Gasteiger partial charge < -0.3 is 5.43 Å². The van der Waals surface area contributed by atoms with Gasteiger partial charge in [-0.25, -0.2) is 0 Å². The average molecular weight is 265 g/mol. The van der Waals surface area contributed by atoms with Crippen LogP contribution in [-0.4, -0.2) is 14.7 Å². The smallest absolute Gasteiger partial charge is 0.307 e. The summed E-state index contributed by atoms with van der Waals surface area (Å²) in [6, 6.07) is 4.95. The summed E-state index contributed by atoms with van der Waals surface area (Å²) >= 11 is 1.27. The number of nitro groups is 1. The van der Waals surface area contributed by atoms with Crippen LogP contribution in [0.3, 0.4) is 0 Å². The highest BCUT2D eigenvalue weighted by atomic mass is 32.2. The molecule has 0 aliphatic heterocycles. The van der Waals surface area contributed by atoms with Crippen LogP contribution in [0.1, 0.15) is 0 Å². The van der Waals surface area contributed by atoms with Gasteiger partial charge in [0.1, 0.15) is 5.69 Å². The highest BCUT2D eigenvalue weighted by Crippen LogP contribution is 2.38. The van der Waals surface area contributed by atoms with Crippen molar-refractivity contribution in [3.8, 4) is 0 Å². The van der Waals surface area contributed by atoms with Crippen LogP contribution in [0.15, 0.2) is 40.4 Å². The quantitative estimate of drug-likeness (QED) is 0.496. The molecule has 0 bridgehead atoms. The number of rotatable bonds is 4. The fraction of sp³-hybridized carbons (Fsp3) is 0.100. The van der Waals surface area contributed by atoms with Crippen LogP contribution in [-0.2, 0) is 7.05 Å². The van der Waals surface area contributed by atoms with Crippen LogP contribution in [0.2, 0.25) is 0 Å². The second kappa shape index (κ2) is 5.07. The van der Waals surface area contributed by atoms with Crippen LogP contribution in [0.25, 0.3) is 0 Å². The Kier molecular flexibility index (Phi) is 3.49. The molecule has 0 aliphatic rings. The Morgan fingerprint density at radius 3 is 2.89 bits per heavy atom. The van der Waals surface area contributed by atoms with Crippen molar-refractivity contribution in [1.82, 2.24) is 9.78 Å². The van der Waals surface area contributed by atoms with Crippen LogP contribution in [0.5, 0.6) is 0 Å². The van der Waals surface area contributed by atoms with Gasteiger partial charge in [0.25, 0.3) is 0 Å². The highest BCUT2D eigenvalue weighted by molar-refractivity contribution is 7.99. The number of nitro benzene ring substituents is 1. The molecule has 2 aromatic rings. The molecule has 0 amide bonds. The second-order valence-electron chi connectivity index (χ2n) is 3.51. The van der Waals surface area contributed by atoms with E-state index in [-0.39, 0.29) is 11.4 Å². The average Bonchev–Trinajstić information content (AvgIpc) is 2.74. The lowest BCUT2D eigenvalue weighted by Gasteiger charge is -2.05. The van der Waals surface area contributed by atoms with Gasteiger partial charge in [0, 0.05) is 13.2 Å². The molecule has 0 aliphatic carbocycles. The number of para-hydroxylation sites is 1. The van der Waals surface area contributed by atoms with Gasteiger partial charge in [-0.05, 0) is 12.1 Å². The molecule has 0 atom stereocenters. The third kappa shape index (κ3) is 2.44. The monoisotopic (exact) mass is 265 g/mol. The zero-order valence-corrected chi connectivity index (χ0v) is 10.3. The van der Waals surface area contributed by atoms with Gasteiger partial charge in [-0.1, -0.05) is 17.8 Å². The fourth-order valence-corrected chi connectivity index (χ4v) is 2.47. The standard InChI is InChI=1S/C10H11N5O2S/c1-14-6-7(5-12-14)18-9-4-2-3-8(13-11)10(9)15(16)17/h2-6,13H,11H2,1H3. The Hall–Kier alpha value is -2.06. The van der Waals surface area contributed by atoms with E-state index >= 15 is 0 Å². The molecule has 0 spiro atoms. The minimum Gasteiger partial charge on any atom is -0.318 e. The molecule has 0 saturated carbocycles. The van der Waals surface area contributed by atoms with E-state index in [1.807, 2.05) is 0 Å². The molecule has 7 nitrogen and oxygen atoms in total.